The van der Waals surface area contributed by atoms with Crippen LogP contribution in [0.5, 0.6) is 5.75 Å². The van der Waals surface area contributed by atoms with Crippen molar-refractivity contribution < 1.29 is 19.1 Å². The Morgan fingerprint density at radius 3 is 2.52 bits per heavy atom. The number of benzene rings is 1. The molecule has 0 atom stereocenters. The van der Waals surface area contributed by atoms with E-state index in [1.165, 1.54) is 0 Å². The lowest BCUT2D eigenvalue weighted by Gasteiger charge is -2.29. The molecule has 1 heterocycles. The summed E-state index contributed by atoms with van der Waals surface area (Å²) in [6.45, 7) is 5.56. The van der Waals surface area contributed by atoms with Gasteiger partial charge in [-0.3, -0.25) is 9.78 Å². The molecule has 0 bridgehead atoms. The number of nitrogens with zero attached hydrogens (tertiary/aromatic N) is 1. The first-order chi connectivity index (χ1) is 13.7. The molecule has 1 aliphatic rings. The minimum Gasteiger partial charge on any atom is -0.497 e. The van der Waals surface area contributed by atoms with Gasteiger partial charge in [0, 0.05) is 29.6 Å². The number of hydrogen-bond acceptors (Lipinski definition) is 5. The lowest BCUT2D eigenvalue weighted by atomic mass is 9.82. The van der Waals surface area contributed by atoms with Gasteiger partial charge in [0.25, 0.3) is 0 Å². The highest BCUT2D eigenvalue weighted by Gasteiger charge is 2.26. The van der Waals surface area contributed by atoms with E-state index in [4.69, 9.17) is 9.47 Å². The van der Waals surface area contributed by atoms with Crippen LogP contribution in [0.4, 0.5) is 4.79 Å². The summed E-state index contributed by atoms with van der Waals surface area (Å²) in [7, 11) is 1.61. The summed E-state index contributed by atoms with van der Waals surface area (Å²) in [5.41, 5.74) is 0.994. The highest BCUT2D eigenvalue weighted by atomic mass is 16.6. The molecule has 1 aliphatic carbocycles. The quantitative estimate of drug-likeness (QED) is 0.725. The summed E-state index contributed by atoms with van der Waals surface area (Å²) >= 11 is 0. The second-order valence-corrected chi connectivity index (χ2v) is 8.73. The van der Waals surface area contributed by atoms with E-state index in [1.807, 2.05) is 39.0 Å². The smallest absolute Gasteiger partial charge is 0.407 e. The van der Waals surface area contributed by atoms with E-state index in [0.29, 0.717) is 23.7 Å². The molecule has 0 saturated heterocycles. The molecule has 1 aromatic heterocycles. The molecule has 6 nitrogen and oxygen atoms in total. The van der Waals surface area contributed by atoms with Gasteiger partial charge in [0.05, 0.1) is 12.6 Å². The molecular weight excluding hydrogens is 368 g/mol. The zero-order valence-electron chi connectivity index (χ0n) is 17.7. The number of pyridine rings is 1. The number of amides is 1. The fourth-order valence-corrected chi connectivity index (χ4v) is 3.85. The SMILES string of the molecule is COc1ccc2nccc(C(=O)CC3CCC(NC(=O)OC(C)(C)C)CC3)c2c1. The molecule has 2 aromatic rings. The average Bonchev–Trinajstić information content (AvgIpc) is 2.67. The van der Waals surface area contributed by atoms with Gasteiger partial charge in [0.2, 0.25) is 0 Å². The van der Waals surface area contributed by atoms with Gasteiger partial charge in [-0.25, -0.2) is 4.79 Å². The zero-order chi connectivity index (χ0) is 21.0. The highest BCUT2D eigenvalue weighted by molar-refractivity contribution is 6.07. The normalized spacial score (nSPS) is 19.6. The number of aromatic nitrogens is 1. The van der Waals surface area contributed by atoms with E-state index < -0.39 is 5.60 Å². The number of alkyl carbamates (subject to hydrolysis) is 1. The number of ether oxygens (including phenoxy) is 2. The van der Waals surface area contributed by atoms with Crippen molar-refractivity contribution >= 4 is 22.8 Å². The maximum atomic E-state index is 13.0. The Bertz CT molecular complexity index is 880. The van der Waals surface area contributed by atoms with Crippen molar-refractivity contribution in [3.63, 3.8) is 0 Å². The predicted molar refractivity (Wildman–Crippen MR) is 112 cm³/mol. The summed E-state index contributed by atoms with van der Waals surface area (Å²) in [6, 6.07) is 7.50. The number of carbonyl (C=O) groups is 2. The molecule has 1 amide bonds. The summed E-state index contributed by atoms with van der Waals surface area (Å²) in [6.07, 6.45) is 5.38. The maximum Gasteiger partial charge on any atom is 0.407 e. The molecule has 1 saturated carbocycles. The molecule has 1 aromatic carbocycles. The Labute approximate surface area is 172 Å². The molecule has 156 valence electrons. The fourth-order valence-electron chi connectivity index (χ4n) is 3.85. The monoisotopic (exact) mass is 398 g/mol. The first-order valence-electron chi connectivity index (χ1n) is 10.2. The van der Waals surface area contributed by atoms with Crippen molar-refractivity contribution in [2.45, 2.75) is 64.5 Å². The third kappa shape index (κ3) is 5.68. The maximum absolute atomic E-state index is 13.0. The Hall–Kier alpha value is -2.63. The van der Waals surface area contributed by atoms with Crippen molar-refractivity contribution in [2.24, 2.45) is 5.92 Å². The number of hydrogen-bond donors (Lipinski definition) is 1. The summed E-state index contributed by atoms with van der Waals surface area (Å²) in [4.78, 5) is 29.3. The van der Waals surface area contributed by atoms with E-state index in [0.717, 1.165) is 36.6 Å². The van der Waals surface area contributed by atoms with Gasteiger partial charge in [0.1, 0.15) is 11.4 Å². The minimum atomic E-state index is -0.496. The number of Topliss-reactive ketones (excluding diaryl/α,β-unsaturated/α-hetero) is 1. The Balaban J connectivity index is 1.58. The Morgan fingerprint density at radius 2 is 1.86 bits per heavy atom. The molecule has 1 N–H and O–H groups in total. The molecule has 0 aliphatic heterocycles. The Kier molecular flexibility index (Phi) is 6.40. The average molecular weight is 399 g/mol. The third-order valence-electron chi connectivity index (χ3n) is 5.29. The minimum absolute atomic E-state index is 0.113. The number of nitrogens with one attached hydrogen (secondary N) is 1. The Morgan fingerprint density at radius 1 is 1.14 bits per heavy atom. The van der Waals surface area contributed by atoms with Crippen LogP contribution in [0.3, 0.4) is 0 Å². The summed E-state index contributed by atoms with van der Waals surface area (Å²) in [5.74, 6) is 1.18. The lowest BCUT2D eigenvalue weighted by Crippen LogP contribution is -2.41. The number of fused-ring (bicyclic) bond motifs is 1. The zero-order valence-corrected chi connectivity index (χ0v) is 17.7. The predicted octanol–water partition coefficient (Wildman–Crippen LogP) is 4.90. The van der Waals surface area contributed by atoms with Crippen LogP contribution in [-0.2, 0) is 4.74 Å². The second kappa shape index (κ2) is 8.80. The molecule has 0 unspecified atom stereocenters. The van der Waals surface area contributed by atoms with Gasteiger partial charge in [-0.2, -0.15) is 0 Å². The molecular formula is C23H30N2O4. The van der Waals surface area contributed by atoms with Gasteiger partial charge in [-0.15, -0.1) is 0 Å². The van der Waals surface area contributed by atoms with E-state index in [2.05, 4.69) is 10.3 Å². The van der Waals surface area contributed by atoms with Crippen LogP contribution in [0, 0.1) is 5.92 Å². The van der Waals surface area contributed by atoms with E-state index in [-0.39, 0.29) is 17.9 Å². The van der Waals surface area contributed by atoms with Crippen LogP contribution in [0.2, 0.25) is 0 Å². The van der Waals surface area contributed by atoms with Crippen molar-refractivity contribution in [3.8, 4) is 5.75 Å². The fraction of sp³-hybridized carbons (Fsp3) is 0.522. The topological polar surface area (TPSA) is 77.5 Å². The van der Waals surface area contributed by atoms with Crippen LogP contribution < -0.4 is 10.1 Å². The van der Waals surface area contributed by atoms with Gasteiger partial charge in [-0.05, 0) is 76.6 Å². The third-order valence-corrected chi connectivity index (χ3v) is 5.29. The van der Waals surface area contributed by atoms with E-state index >= 15 is 0 Å². The number of carbonyl (C=O) groups excluding carboxylic acids is 2. The largest absolute Gasteiger partial charge is 0.497 e. The van der Waals surface area contributed by atoms with Crippen LogP contribution in [0.25, 0.3) is 10.9 Å². The lowest BCUT2D eigenvalue weighted by molar-refractivity contribution is 0.0485. The van der Waals surface area contributed by atoms with E-state index in [9.17, 15) is 9.59 Å². The first-order valence-corrected chi connectivity index (χ1v) is 10.2. The van der Waals surface area contributed by atoms with Crippen LogP contribution in [-0.4, -0.2) is 35.6 Å². The van der Waals surface area contributed by atoms with Gasteiger partial charge < -0.3 is 14.8 Å². The van der Waals surface area contributed by atoms with Gasteiger partial charge in [0.15, 0.2) is 5.78 Å². The van der Waals surface area contributed by atoms with Crippen LogP contribution >= 0.6 is 0 Å². The number of ketones is 1. The van der Waals surface area contributed by atoms with Crippen LogP contribution in [0.15, 0.2) is 30.5 Å². The number of methoxy groups -OCH3 is 1. The van der Waals surface area contributed by atoms with Crippen LogP contribution in [0.1, 0.15) is 63.2 Å². The molecule has 0 spiro atoms. The van der Waals surface area contributed by atoms with Crippen molar-refractivity contribution in [1.82, 2.24) is 10.3 Å². The van der Waals surface area contributed by atoms with Crippen molar-refractivity contribution in [2.75, 3.05) is 7.11 Å². The number of rotatable bonds is 5. The molecule has 29 heavy (non-hydrogen) atoms. The van der Waals surface area contributed by atoms with Crippen molar-refractivity contribution in [3.05, 3.63) is 36.0 Å². The summed E-state index contributed by atoms with van der Waals surface area (Å²) < 4.78 is 10.6. The van der Waals surface area contributed by atoms with Crippen molar-refractivity contribution in [1.29, 1.82) is 0 Å². The van der Waals surface area contributed by atoms with E-state index in [1.54, 1.807) is 19.4 Å². The summed E-state index contributed by atoms with van der Waals surface area (Å²) in [5, 5.41) is 3.78. The first kappa shape index (κ1) is 21.1. The molecule has 6 heteroatoms. The van der Waals surface area contributed by atoms with Gasteiger partial charge >= 0.3 is 6.09 Å². The molecule has 1 fully saturated rings. The highest BCUT2D eigenvalue weighted by Crippen LogP contribution is 2.30. The van der Waals surface area contributed by atoms with Gasteiger partial charge in [-0.1, -0.05) is 0 Å². The molecule has 0 radical (unpaired) electrons. The second-order valence-electron chi connectivity index (χ2n) is 8.73. The molecule has 3 rings (SSSR count). The standard InChI is InChI=1S/C23H30N2O4/c1-23(2,3)29-22(27)25-16-7-5-15(6-8-16)13-21(26)18-11-12-24-20-10-9-17(28-4)14-19(18)20/h9-12,14-16H,5-8,13H2,1-4H3,(H,25,27).